The minimum atomic E-state index is -0.354. The molecule has 3 N–H and O–H groups in total. The number of hydrogen-bond acceptors (Lipinski definition) is 5. The second kappa shape index (κ2) is 7.33. The lowest BCUT2D eigenvalue weighted by Gasteiger charge is -2.06. The third-order valence-corrected chi connectivity index (χ3v) is 2.05. The van der Waals surface area contributed by atoms with Crippen LogP contribution >= 0.6 is 0 Å². The van der Waals surface area contributed by atoms with Crippen molar-refractivity contribution in [2.24, 2.45) is 0 Å². The number of carbonyl (C=O) groups excluding carboxylic acids is 2. The Labute approximate surface area is 105 Å². The lowest BCUT2D eigenvalue weighted by molar-refractivity contribution is -0.114. The molecule has 18 heavy (non-hydrogen) atoms. The van der Waals surface area contributed by atoms with Gasteiger partial charge in [-0.2, -0.15) is 0 Å². The maximum Gasteiger partial charge on any atom is 0.285 e. The summed E-state index contributed by atoms with van der Waals surface area (Å²) in [5, 5.41) is 2.47. The van der Waals surface area contributed by atoms with E-state index < -0.39 is 0 Å². The van der Waals surface area contributed by atoms with Crippen LogP contribution in [0, 0.1) is 0 Å². The summed E-state index contributed by atoms with van der Waals surface area (Å²) < 4.78 is 0. The summed E-state index contributed by atoms with van der Waals surface area (Å²) in [5.74, 6) is -0.270. The van der Waals surface area contributed by atoms with Crippen molar-refractivity contribution >= 4 is 17.6 Å². The molecule has 0 unspecified atom stereocenters. The predicted octanol–water partition coefficient (Wildman–Crippen LogP) is 0.469. The van der Waals surface area contributed by atoms with Crippen molar-refractivity contribution in [1.82, 2.24) is 20.8 Å². The van der Waals surface area contributed by atoms with Crippen molar-refractivity contribution in [1.29, 1.82) is 0 Å². The fourth-order valence-electron chi connectivity index (χ4n) is 1.16. The van der Waals surface area contributed by atoms with Gasteiger partial charge in [-0.15, -0.1) is 0 Å². The summed E-state index contributed by atoms with van der Waals surface area (Å²) in [5.41, 5.74) is 5.50. The highest BCUT2D eigenvalue weighted by atomic mass is 16.2. The van der Waals surface area contributed by atoms with Crippen molar-refractivity contribution in [2.75, 3.05) is 11.9 Å². The van der Waals surface area contributed by atoms with Gasteiger partial charge in [0, 0.05) is 13.5 Å². The molecule has 2 amide bonds. The van der Waals surface area contributed by atoms with E-state index in [1.54, 1.807) is 0 Å². The van der Waals surface area contributed by atoms with Crippen LogP contribution in [0.3, 0.4) is 0 Å². The van der Waals surface area contributed by atoms with Crippen LogP contribution in [0.15, 0.2) is 12.4 Å². The maximum atomic E-state index is 11.6. The van der Waals surface area contributed by atoms with Gasteiger partial charge in [-0.3, -0.25) is 15.0 Å². The van der Waals surface area contributed by atoms with Crippen molar-refractivity contribution in [3.8, 4) is 0 Å². The number of unbranched alkanes of at least 4 members (excludes halogenated alkanes) is 1. The molecule has 1 heterocycles. The summed E-state index contributed by atoms with van der Waals surface area (Å²) in [6.07, 6.45) is 4.67. The average molecular weight is 251 g/mol. The van der Waals surface area contributed by atoms with E-state index in [4.69, 9.17) is 0 Å². The highest BCUT2D eigenvalue weighted by molar-refractivity contribution is 5.92. The van der Waals surface area contributed by atoms with E-state index in [0.717, 1.165) is 12.8 Å². The monoisotopic (exact) mass is 251 g/mol. The van der Waals surface area contributed by atoms with Gasteiger partial charge in [0.15, 0.2) is 5.82 Å². The van der Waals surface area contributed by atoms with Crippen molar-refractivity contribution in [3.05, 3.63) is 18.1 Å². The first-order chi connectivity index (χ1) is 8.63. The predicted molar refractivity (Wildman–Crippen MR) is 66.7 cm³/mol. The molecule has 0 atom stereocenters. The van der Waals surface area contributed by atoms with Crippen LogP contribution in [0.1, 0.15) is 37.2 Å². The number of rotatable bonds is 6. The molecule has 0 aliphatic heterocycles. The molecule has 0 saturated carbocycles. The molecular formula is C11H17N5O2. The first kappa shape index (κ1) is 14.0. The number of amides is 2. The molecule has 0 radical (unpaired) electrons. The number of hydrazine groups is 1. The van der Waals surface area contributed by atoms with Gasteiger partial charge in [0.1, 0.15) is 5.69 Å². The minimum absolute atomic E-state index is 0.188. The van der Waals surface area contributed by atoms with Gasteiger partial charge in [-0.1, -0.05) is 13.3 Å². The summed E-state index contributed by atoms with van der Waals surface area (Å²) in [7, 11) is 0. The summed E-state index contributed by atoms with van der Waals surface area (Å²) >= 11 is 0. The third-order valence-electron chi connectivity index (χ3n) is 2.05. The Morgan fingerprint density at radius 3 is 2.61 bits per heavy atom. The van der Waals surface area contributed by atoms with Crippen LogP contribution in [0.4, 0.5) is 5.82 Å². The molecule has 1 aromatic heterocycles. The molecule has 0 spiro atoms. The number of anilines is 1. The van der Waals surface area contributed by atoms with Crippen LogP contribution in [0.2, 0.25) is 0 Å². The molecular weight excluding hydrogens is 234 g/mol. The summed E-state index contributed by atoms with van der Waals surface area (Å²) in [6.45, 7) is 4.15. The van der Waals surface area contributed by atoms with E-state index in [1.807, 2.05) is 0 Å². The van der Waals surface area contributed by atoms with Crippen LogP contribution < -0.4 is 16.2 Å². The van der Waals surface area contributed by atoms with Crippen LogP contribution in [-0.4, -0.2) is 28.3 Å². The Kier molecular flexibility index (Phi) is 5.72. The van der Waals surface area contributed by atoms with Crippen LogP contribution in [0.25, 0.3) is 0 Å². The number of hydrogen-bond donors (Lipinski definition) is 3. The fourth-order valence-corrected chi connectivity index (χ4v) is 1.16. The molecule has 1 rings (SSSR count). The molecule has 0 bridgehead atoms. The van der Waals surface area contributed by atoms with Crippen LogP contribution in [-0.2, 0) is 4.79 Å². The van der Waals surface area contributed by atoms with Crippen LogP contribution in [0.5, 0.6) is 0 Å². The zero-order valence-electron chi connectivity index (χ0n) is 10.5. The SMILES string of the molecule is CCCCNNC(=O)c1cnc(NC(C)=O)cn1. The van der Waals surface area contributed by atoms with E-state index in [2.05, 4.69) is 33.1 Å². The third kappa shape index (κ3) is 4.88. The Morgan fingerprint density at radius 2 is 2.06 bits per heavy atom. The fraction of sp³-hybridized carbons (Fsp3) is 0.455. The zero-order valence-corrected chi connectivity index (χ0v) is 10.5. The number of aromatic nitrogens is 2. The standard InChI is InChI=1S/C11H17N5O2/c1-3-4-5-14-16-11(18)9-6-13-10(7-12-9)15-8(2)17/h6-7,14H,3-5H2,1-2H3,(H,16,18)(H,13,15,17). The van der Waals surface area contributed by atoms with Crippen molar-refractivity contribution < 1.29 is 9.59 Å². The van der Waals surface area contributed by atoms with Gasteiger partial charge < -0.3 is 5.32 Å². The Hall–Kier alpha value is -2.02. The zero-order chi connectivity index (χ0) is 13.4. The summed E-state index contributed by atoms with van der Waals surface area (Å²) in [4.78, 5) is 30.1. The molecule has 1 aromatic rings. The minimum Gasteiger partial charge on any atom is -0.310 e. The Morgan fingerprint density at radius 1 is 1.28 bits per heavy atom. The second-order valence-corrected chi connectivity index (χ2v) is 3.70. The summed E-state index contributed by atoms with van der Waals surface area (Å²) in [6, 6.07) is 0. The molecule has 0 aliphatic carbocycles. The van der Waals surface area contributed by atoms with Gasteiger partial charge in [-0.05, 0) is 6.42 Å². The average Bonchev–Trinajstić information content (AvgIpc) is 2.34. The van der Waals surface area contributed by atoms with Gasteiger partial charge in [0.2, 0.25) is 5.91 Å². The molecule has 0 saturated heterocycles. The number of carbonyl (C=O) groups is 2. The first-order valence-corrected chi connectivity index (χ1v) is 5.76. The van der Waals surface area contributed by atoms with Gasteiger partial charge in [0.05, 0.1) is 12.4 Å². The largest absolute Gasteiger partial charge is 0.310 e. The topological polar surface area (TPSA) is 96.0 Å². The van der Waals surface area contributed by atoms with Gasteiger partial charge in [-0.25, -0.2) is 15.4 Å². The second-order valence-electron chi connectivity index (χ2n) is 3.70. The van der Waals surface area contributed by atoms with E-state index in [0.29, 0.717) is 12.4 Å². The van der Waals surface area contributed by atoms with E-state index in [1.165, 1.54) is 19.3 Å². The maximum absolute atomic E-state index is 11.6. The Bertz CT molecular complexity index is 404. The van der Waals surface area contributed by atoms with Gasteiger partial charge in [0.25, 0.3) is 5.91 Å². The van der Waals surface area contributed by atoms with Crippen molar-refractivity contribution in [3.63, 3.8) is 0 Å². The lowest BCUT2D eigenvalue weighted by atomic mass is 10.3. The molecule has 7 heteroatoms. The highest BCUT2D eigenvalue weighted by Gasteiger charge is 2.07. The molecule has 0 aliphatic rings. The molecule has 0 aromatic carbocycles. The Balaban J connectivity index is 2.46. The number of nitrogens with one attached hydrogen (secondary N) is 3. The molecule has 7 nitrogen and oxygen atoms in total. The quantitative estimate of drug-likeness (QED) is 0.504. The lowest BCUT2D eigenvalue weighted by Crippen LogP contribution is -2.38. The highest BCUT2D eigenvalue weighted by Crippen LogP contribution is 2.00. The van der Waals surface area contributed by atoms with E-state index in [9.17, 15) is 9.59 Å². The van der Waals surface area contributed by atoms with Crippen molar-refractivity contribution in [2.45, 2.75) is 26.7 Å². The molecule has 98 valence electrons. The first-order valence-electron chi connectivity index (χ1n) is 5.76. The normalized spacial score (nSPS) is 9.89. The number of nitrogens with zero attached hydrogens (tertiary/aromatic N) is 2. The van der Waals surface area contributed by atoms with E-state index in [-0.39, 0.29) is 17.5 Å². The van der Waals surface area contributed by atoms with E-state index >= 15 is 0 Å². The smallest absolute Gasteiger partial charge is 0.285 e. The molecule has 0 fully saturated rings. The van der Waals surface area contributed by atoms with Gasteiger partial charge >= 0.3 is 0 Å².